The summed E-state index contributed by atoms with van der Waals surface area (Å²) >= 11 is 0. The molecule has 2 aromatic heterocycles. The molecule has 1 aliphatic carbocycles. The van der Waals surface area contributed by atoms with E-state index in [-0.39, 0.29) is 5.69 Å². The van der Waals surface area contributed by atoms with Gasteiger partial charge in [-0.05, 0) is 25.7 Å². The van der Waals surface area contributed by atoms with Crippen molar-refractivity contribution in [3.05, 3.63) is 22.4 Å². The fourth-order valence-corrected chi connectivity index (χ4v) is 3.09. The SMILES string of the molecule is Cc1nc(NCCCC2CCCC2)cc2n[nH]c(=O)n12. The van der Waals surface area contributed by atoms with Crippen molar-refractivity contribution in [2.24, 2.45) is 5.92 Å². The van der Waals surface area contributed by atoms with Crippen molar-refractivity contribution in [1.29, 1.82) is 0 Å². The van der Waals surface area contributed by atoms with Crippen molar-refractivity contribution >= 4 is 11.5 Å². The van der Waals surface area contributed by atoms with Crippen molar-refractivity contribution in [3.8, 4) is 0 Å². The fourth-order valence-electron chi connectivity index (χ4n) is 3.09. The van der Waals surface area contributed by atoms with Gasteiger partial charge in [0, 0.05) is 12.6 Å². The molecular weight excluding hydrogens is 254 g/mol. The zero-order valence-electron chi connectivity index (χ0n) is 11.9. The van der Waals surface area contributed by atoms with E-state index in [1.54, 1.807) is 6.07 Å². The van der Waals surface area contributed by atoms with Crippen molar-refractivity contribution in [1.82, 2.24) is 19.6 Å². The summed E-state index contributed by atoms with van der Waals surface area (Å²) in [7, 11) is 0. The van der Waals surface area contributed by atoms with Crippen LogP contribution in [-0.2, 0) is 0 Å². The lowest BCUT2D eigenvalue weighted by Gasteiger charge is -2.10. The molecular formula is C14H21N5O. The number of aromatic amines is 1. The lowest BCUT2D eigenvalue weighted by atomic mass is 10.0. The molecule has 1 aliphatic rings. The molecule has 2 aromatic rings. The van der Waals surface area contributed by atoms with Crippen LogP contribution in [0, 0.1) is 12.8 Å². The van der Waals surface area contributed by atoms with Gasteiger partial charge in [0.15, 0.2) is 5.65 Å². The predicted molar refractivity (Wildman–Crippen MR) is 78.0 cm³/mol. The first kappa shape index (κ1) is 13.1. The molecule has 2 N–H and O–H groups in total. The second-order valence-electron chi connectivity index (χ2n) is 5.63. The predicted octanol–water partition coefficient (Wildman–Crippen LogP) is 2.11. The fraction of sp³-hybridized carbons (Fsp3) is 0.643. The Kier molecular flexibility index (Phi) is 3.71. The highest BCUT2D eigenvalue weighted by atomic mass is 16.1. The first-order valence-corrected chi connectivity index (χ1v) is 7.43. The van der Waals surface area contributed by atoms with Crippen LogP contribution >= 0.6 is 0 Å². The van der Waals surface area contributed by atoms with Gasteiger partial charge in [0.1, 0.15) is 11.6 Å². The van der Waals surface area contributed by atoms with Gasteiger partial charge in [-0.1, -0.05) is 25.7 Å². The van der Waals surface area contributed by atoms with E-state index in [2.05, 4.69) is 20.5 Å². The number of anilines is 1. The average molecular weight is 275 g/mol. The highest BCUT2D eigenvalue weighted by Crippen LogP contribution is 2.28. The third kappa shape index (κ3) is 2.69. The molecule has 3 rings (SSSR count). The van der Waals surface area contributed by atoms with E-state index >= 15 is 0 Å². The number of H-pyrrole nitrogens is 1. The standard InChI is InChI=1S/C14H21N5O/c1-10-16-12(9-13-17-18-14(20)19(10)13)15-8-4-7-11-5-2-3-6-11/h9,11,15H,2-8H2,1H3,(H,18,20). The minimum atomic E-state index is -0.238. The largest absolute Gasteiger partial charge is 0.370 e. The Hall–Kier alpha value is -1.85. The smallest absolute Gasteiger partial charge is 0.349 e. The number of nitrogens with zero attached hydrogens (tertiary/aromatic N) is 3. The van der Waals surface area contributed by atoms with E-state index < -0.39 is 0 Å². The summed E-state index contributed by atoms with van der Waals surface area (Å²) in [5, 5.41) is 9.75. The summed E-state index contributed by atoms with van der Waals surface area (Å²) in [5.74, 6) is 2.37. The third-order valence-electron chi connectivity index (χ3n) is 4.14. The topological polar surface area (TPSA) is 75.1 Å². The first-order valence-electron chi connectivity index (χ1n) is 7.43. The van der Waals surface area contributed by atoms with E-state index in [0.29, 0.717) is 11.5 Å². The number of hydrogen-bond acceptors (Lipinski definition) is 4. The molecule has 2 heterocycles. The number of rotatable bonds is 5. The van der Waals surface area contributed by atoms with Crippen LogP contribution in [0.25, 0.3) is 5.65 Å². The quantitative estimate of drug-likeness (QED) is 0.819. The molecule has 108 valence electrons. The van der Waals surface area contributed by atoms with Gasteiger partial charge in [-0.3, -0.25) is 0 Å². The lowest BCUT2D eigenvalue weighted by molar-refractivity contribution is 0.491. The Morgan fingerprint density at radius 3 is 3.05 bits per heavy atom. The van der Waals surface area contributed by atoms with Crippen molar-refractivity contribution in [3.63, 3.8) is 0 Å². The van der Waals surface area contributed by atoms with Gasteiger partial charge in [-0.25, -0.2) is 19.3 Å². The number of hydrogen-bond donors (Lipinski definition) is 2. The average Bonchev–Trinajstić information content (AvgIpc) is 3.05. The highest BCUT2D eigenvalue weighted by molar-refractivity contribution is 5.49. The van der Waals surface area contributed by atoms with E-state index in [4.69, 9.17) is 0 Å². The normalized spacial score (nSPS) is 16.1. The van der Waals surface area contributed by atoms with Gasteiger partial charge in [-0.15, -0.1) is 0 Å². The maximum Gasteiger partial charge on any atom is 0.349 e. The third-order valence-corrected chi connectivity index (χ3v) is 4.14. The van der Waals surface area contributed by atoms with Gasteiger partial charge in [0.05, 0.1) is 0 Å². The van der Waals surface area contributed by atoms with Crippen LogP contribution in [0.4, 0.5) is 5.82 Å². The van der Waals surface area contributed by atoms with Crippen LogP contribution in [0.3, 0.4) is 0 Å². The minimum Gasteiger partial charge on any atom is -0.370 e. The molecule has 0 bridgehead atoms. The molecule has 0 amide bonds. The zero-order chi connectivity index (χ0) is 13.9. The first-order chi connectivity index (χ1) is 9.74. The van der Waals surface area contributed by atoms with Gasteiger partial charge in [-0.2, -0.15) is 5.10 Å². The Balaban J connectivity index is 1.58. The second-order valence-corrected chi connectivity index (χ2v) is 5.63. The van der Waals surface area contributed by atoms with Gasteiger partial charge in [0.2, 0.25) is 0 Å². The molecule has 0 atom stereocenters. The van der Waals surface area contributed by atoms with Crippen LogP contribution in [0.15, 0.2) is 10.9 Å². The molecule has 20 heavy (non-hydrogen) atoms. The van der Waals surface area contributed by atoms with Crippen molar-refractivity contribution in [2.75, 3.05) is 11.9 Å². The minimum absolute atomic E-state index is 0.238. The summed E-state index contributed by atoms with van der Waals surface area (Å²) < 4.78 is 1.48. The van der Waals surface area contributed by atoms with Crippen molar-refractivity contribution < 1.29 is 0 Å². The number of fused-ring (bicyclic) bond motifs is 1. The molecule has 6 heteroatoms. The number of aromatic nitrogens is 4. The molecule has 1 saturated carbocycles. The van der Waals surface area contributed by atoms with Gasteiger partial charge in [0.25, 0.3) is 0 Å². The Bertz CT molecular complexity index is 639. The number of aryl methyl sites for hydroxylation is 1. The van der Waals surface area contributed by atoms with Crippen LogP contribution in [0.5, 0.6) is 0 Å². The lowest BCUT2D eigenvalue weighted by Crippen LogP contribution is -2.14. The summed E-state index contributed by atoms with van der Waals surface area (Å²) in [6.07, 6.45) is 8.09. The Morgan fingerprint density at radius 1 is 1.45 bits per heavy atom. The van der Waals surface area contributed by atoms with E-state index in [0.717, 1.165) is 18.3 Å². The zero-order valence-corrected chi connectivity index (χ0v) is 11.9. The maximum absolute atomic E-state index is 11.5. The summed E-state index contributed by atoms with van der Waals surface area (Å²) in [6, 6.07) is 1.81. The second kappa shape index (κ2) is 5.64. The van der Waals surface area contributed by atoms with E-state index in [9.17, 15) is 4.79 Å². The van der Waals surface area contributed by atoms with E-state index in [1.165, 1.54) is 42.9 Å². The summed E-state index contributed by atoms with van der Waals surface area (Å²) in [4.78, 5) is 15.9. The number of nitrogens with one attached hydrogen (secondary N) is 2. The molecule has 0 saturated heterocycles. The Morgan fingerprint density at radius 2 is 2.25 bits per heavy atom. The molecule has 0 unspecified atom stereocenters. The maximum atomic E-state index is 11.5. The molecule has 0 radical (unpaired) electrons. The Labute approximate surface area is 117 Å². The van der Waals surface area contributed by atoms with Gasteiger partial charge >= 0.3 is 5.69 Å². The molecule has 0 aromatic carbocycles. The highest BCUT2D eigenvalue weighted by Gasteiger charge is 2.14. The van der Waals surface area contributed by atoms with Gasteiger partial charge < -0.3 is 5.32 Å². The van der Waals surface area contributed by atoms with Crippen LogP contribution in [-0.4, -0.2) is 26.1 Å². The van der Waals surface area contributed by atoms with Crippen LogP contribution < -0.4 is 11.0 Å². The molecule has 6 nitrogen and oxygen atoms in total. The van der Waals surface area contributed by atoms with Crippen molar-refractivity contribution in [2.45, 2.75) is 45.4 Å². The molecule has 0 spiro atoms. The van der Waals surface area contributed by atoms with E-state index in [1.807, 2.05) is 6.92 Å². The molecule has 0 aliphatic heterocycles. The van der Waals surface area contributed by atoms with Crippen LogP contribution in [0.2, 0.25) is 0 Å². The van der Waals surface area contributed by atoms with Crippen LogP contribution in [0.1, 0.15) is 44.3 Å². The molecule has 1 fully saturated rings. The monoisotopic (exact) mass is 275 g/mol. The summed E-state index contributed by atoms with van der Waals surface area (Å²) in [6.45, 7) is 2.74. The summed E-state index contributed by atoms with van der Waals surface area (Å²) in [5.41, 5.74) is 0.374.